The molecule has 1 saturated heterocycles. The van der Waals surface area contributed by atoms with Crippen molar-refractivity contribution < 1.29 is 57.2 Å². The fraction of sp³-hybridized carbons (Fsp3) is 0.723. The lowest BCUT2D eigenvalue weighted by Crippen LogP contribution is -2.53. The molecule has 2 fully saturated rings. The number of carbonyl (C=O) groups excluding carboxylic acids is 7. The van der Waals surface area contributed by atoms with Gasteiger partial charge in [0.1, 0.15) is 18.7 Å². The molecule has 2 aliphatic rings. The largest absolute Gasteiger partial charge is 0.460 e. The standard InChI is InChI=1S/C47H75N5O12/c1-31(2)40(43(57)49-32(3)41(55)50-36-16-12-34(13-17-36)30-64-45(59)47(7,8)9)51-38(53)18-20-60-22-24-62-26-27-63-25-23-61-21-19-48-42(56)35-14-10-33(11-15-35)29-52-39(54)28-37(44(52)58)46(4,5)6/h12-13,16-17,31-33,35,37,40H,10-11,14-15,18-30H2,1-9H3,(H,48,56)(H,49,57)(H,50,55)(H,51,53)/t32-,33?,35?,37?,40?/m0/s1. The van der Waals surface area contributed by atoms with Gasteiger partial charge in [-0.05, 0) is 88.3 Å². The summed E-state index contributed by atoms with van der Waals surface area (Å²) >= 11 is 0. The zero-order valence-electron chi connectivity index (χ0n) is 39.6. The van der Waals surface area contributed by atoms with Crippen LogP contribution >= 0.6 is 0 Å². The quantitative estimate of drug-likeness (QED) is 0.0586. The molecule has 4 N–H and O–H groups in total. The first-order valence-corrected chi connectivity index (χ1v) is 22.8. The lowest BCUT2D eigenvalue weighted by atomic mass is 9.79. The van der Waals surface area contributed by atoms with E-state index in [0.29, 0.717) is 58.4 Å². The molecule has 0 radical (unpaired) electrons. The number of carbonyl (C=O) groups is 7. The summed E-state index contributed by atoms with van der Waals surface area (Å²) in [4.78, 5) is 90.0. The Morgan fingerprint density at radius 1 is 0.734 bits per heavy atom. The number of amides is 6. The number of hydrogen-bond acceptors (Lipinski definition) is 12. The number of nitrogens with one attached hydrogen (secondary N) is 4. The van der Waals surface area contributed by atoms with Crippen molar-refractivity contribution in [2.45, 2.75) is 120 Å². The molecule has 1 aliphatic carbocycles. The fourth-order valence-electron chi connectivity index (χ4n) is 7.18. The molecular weight excluding hydrogens is 827 g/mol. The van der Waals surface area contributed by atoms with E-state index in [4.69, 9.17) is 23.7 Å². The summed E-state index contributed by atoms with van der Waals surface area (Å²) in [5.41, 5.74) is 0.435. The van der Waals surface area contributed by atoms with Gasteiger partial charge >= 0.3 is 5.97 Å². The van der Waals surface area contributed by atoms with Gasteiger partial charge in [0, 0.05) is 37.5 Å². The smallest absolute Gasteiger partial charge is 0.311 e. The van der Waals surface area contributed by atoms with E-state index in [-0.39, 0.29) is 91.3 Å². The van der Waals surface area contributed by atoms with Crippen LogP contribution in [0.1, 0.15) is 106 Å². The molecule has 64 heavy (non-hydrogen) atoms. The van der Waals surface area contributed by atoms with Gasteiger partial charge in [0.15, 0.2) is 0 Å². The van der Waals surface area contributed by atoms with E-state index in [9.17, 15) is 33.6 Å². The van der Waals surface area contributed by atoms with Crippen molar-refractivity contribution in [1.82, 2.24) is 20.9 Å². The van der Waals surface area contributed by atoms with E-state index < -0.39 is 29.3 Å². The Hall–Kier alpha value is -4.45. The summed E-state index contributed by atoms with van der Waals surface area (Å²) in [5.74, 6) is -2.06. The minimum Gasteiger partial charge on any atom is -0.460 e. The molecule has 1 aromatic rings. The van der Waals surface area contributed by atoms with Gasteiger partial charge in [-0.25, -0.2) is 0 Å². The second-order valence-corrected chi connectivity index (χ2v) is 19.2. The molecule has 0 spiro atoms. The predicted octanol–water partition coefficient (Wildman–Crippen LogP) is 4.16. The van der Waals surface area contributed by atoms with Crippen LogP contribution in [-0.4, -0.2) is 124 Å². The normalized spacial score (nSPS) is 19.0. The summed E-state index contributed by atoms with van der Waals surface area (Å²) in [6, 6.07) is 5.11. The monoisotopic (exact) mass is 902 g/mol. The third-order valence-electron chi connectivity index (χ3n) is 11.3. The van der Waals surface area contributed by atoms with Crippen LogP contribution in [0.2, 0.25) is 0 Å². The maximum atomic E-state index is 13.0. The van der Waals surface area contributed by atoms with Gasteiger partial charge in [-0.3, -0.25) is 38.5 Å². The van der Waals surface area contributed by atoms with E-state index >= 15 is 0 Å². The predicted molar refractivity (Wildman–Crippen MR) is 239 cm³/mol. The minimum absolute atomic E-state index is 0.0126. The Balaban J connectivity index is 1.15. The average Bonchev–Trinajstić information content (AvgIpc) is 3.52. The van der Waals surface area contributed by atoms with E-state index in [1.165, 1.54) is 4.90 Å². The molecule has 1 aliphatic heterocycles. The number of rotatable bonds is 26. The van der Waals surface area contributed by atoms with Crippen molar-refractivity contribution in [3.05, 3.63) is 29.8 Å². The molecule has 17 heteroatoms. The third-order valence-corrected chi connectivity index (χ3v) is 11.3. The van der Waals surface area contributed by atoms with Gasteiger partial charge in [0.05, 0.1) is 64.2 Å². The Morgan fingerprint density at radius 2 is 1.30 bits per heavy atom. The number of anilines is 1. The van der Waals surface area contributed by atoms with Crippen LogP contribution in [0, 0.1) is 34.5 Å². The zero-order chi connectivity index (χ0) is 47.5. The van der Waals surface area contributed by atoms with Gasteiger partial charge < -0.3 is 45.0 Å². The topological polar surface area (TPSA) is 217 Å². The second-order valence-electron chi connectivity index (χ2n) is 19.2. The molecular formula is C47H75N5O12. The number of imide groups is 1. The first kappa shape index (κ1) is 53.9. The Bertz CT molecular complexity index is 1680. The van der Waals surface area contributed by atoms with E-state index in [2.05, 4.69) is 21.3 Å². The lowest BCUT2D eigenvalue weighted by Gasteiger charge is -2.31. The first-order valence-electron chi connectivity index (χ1n) is 22.8. The van der Waals surface area contributed by atoms with Gasteiger partial charge in [-0.15, -0.1) is 0 Å². The van der Waals surface area contributed by atoms with Crippen molar-refractivity contribution >= 4 is 47.1 Å². The van der Waals surface area contributed by atoms with Crippen LogP contribution in [0.5, 0.6) is 0 Å². The summed E-state index contributed by atoms with van der Waals surface area (Å²) in [7, 11) is 0. The molecule has 3 atom stereocenters. The maximum absolute atomic E-state index is 13.0. The number of hydrogen-bond donors (Lipinski definition) is 4. The summed E-state index contributed by atoms with van der Waals surface area (Å²) in [6.45, 7) is 20.0. The van der Waals surface area contributed by atoms with E-state index in [1.807, 2.05) is 20.8 Å². The molecule has 360 valence electrons. The number of ether oxygens (including phenoxy) is 5. The van der Waals surface area contributed by atoms with Crippen LogP contribution in [0.25, 0.3) is 0 Å². The average molecular weight is 902 g/mol. The van der Waals surface area contributed by atoms with Crippen LogP contribution in [0.4, 0.5) is 5.69 Å². The fourth-order valence-corrected chi connectivity index (χ4v) is 7.18. The summed E-state index contributed by atoms with van der Waals surface area (Å²) in [6.07, 6.45) is 3.43. The molecule has 1 saturated carbocycles. The molecule has 3 rings (SSSR count). The Labute approximate surface area is 379 Å². The molecule has 6 amide bonds. The Kier molecular flexibility index (Phi) is 22.3. The van der Waals surface area contributed by atoms with E-state index in [1.54, 1.807) is 65.8 Å². The molecule has 1 heterocycles. The van der Waals surface area contributed by atoms with Crippen LogP contribution in [-0.2, 0) is 63.9 Å². The summed E-state index contributed by atoms with van der Waals surface area (Å²) < 4.78 is 27.5. The van der Waals surface area contributed by atoms with Gasteiger partial charge in [0.2, 0.25) is 35.4 Å². The maximum Gasteiger partial charge on any atom is 0.311 e. The second kappa shape index (κ2) is 26.5. The lowest BCUT2D eigenvalue weighted by molar-refractivity contribution is -0.154. The van der Waals surface area contributed by atoms with Crippen molar-refractivity contribution in [1.29, 1.82) is 0 Å². The van der Waals surface area contributed by atoms with Gasteiger partial charge in [0.25, 0.3) is 0 Å². The SMILES string of the molecule is CC(C)C(NC(=O)CCOCCOCCOCCOCCNC(=O)C1CCC(CN2C(=O)CC(C(C)(C)C)C2=O)CC1)C(=O)N[C@@H](C)C(=O)Nc1ccc(COC(=O)C(C)(C)C)cc1. The number of benzene rings is 1. The highest BCUT2D eigenvalue weighted by Gasteiger charge is 2.45. The van der Waals surface area contributed by atoms with Crippen molar-refractivity contribution in [2.75, 3.05) is 71.3 Å². The number of esters is 1. The van der Waals surface area contributed by atoms with Crippen LogP contribution < -0.4 is 21.3 Å². The number of nitrogens with zero attached hydrogens (tertiary/aromatic N) is 1. The van der Waals surface area contributed by atoms with E-state index in [0.717, 1.165) is 31.2 Å². The van der Waals surface area contributed by atoms with Crippen LogP contribution in [0.15, 0.2) is 24.3 Å². The first-order chi connectivity index (χ1) is 30.2. The molecule has 2 unspecified atom stereocenters. The minimum atomic E-state index is -0.881. The van der Waals surface area contributed by atoms with Gasteiger partial charge in [-0.1, -0.05) is 46.8 Å². The third kappa shape index (κ3) is 18.9. The van der Waals surface area contributed by atoms with Crippen molar-refractivity contribution in [3.63, 3.8) is 0 Å². The summed E-state index contributed by atoms with van der Waals surface area (Å²) in [5, 5.41) is 11.1. The highest BCUT2D eigenvalue weighted by Crippen LogP contribution is 2.37. The molecule has 0 aromatic heterocycles. The van der Waals surface area contributed by atoms with Crippen molar-refractivity contribution in [3.8, 4) is 0 Å². The highest BCUT2D eigenvalue weighted by atomic mass is 16.6. The zero-order valence-corrected chi connectivity index (χ0v) is 39.6. The van der Waals surface area contributed by atoms with Gasteiger partial charge in [-0.2, -0.15) is 0 Å². The van der Waals surface area contributed by atoms with Crippen LogP contribution in [0.3, 0.4) is 0 Å². The highest BCUT2D eigenvalue weighted by molar-refractivity contribution is 6.04. The van der Waals surface area contributed by atoms with Crippen molar-refractivity contribution in [2.24, 2.45) is 34.5 Å². The number of likely N-dealkylation sites (tertiary alicyclic amines) is 1. The Morgan fingerprint density at radius 3 is 1.83 bits per heavy atom. The molecule has 1 aromatic carbocycles. The molecule has 0 bridgehead atoms. The molecule has 17 nitrogen and oxygen atoms in total.